The average molecular weight is 202 g/mol. The molecule has 1 fully saturated rings. The van der Waals surface area contributed by atoms with Gasteiger partial charge in [-0.3, -0.25) is 4.79 Å². The van der Waals surface area contributed by atoms with Gasteiger partial charge in [0.15, 0.2) is 0 Å². The quantitative estimate of drug-likeness (QED) is 0.683. The van der Waals surface area contributed by atoms with E-state index in [1.807, 2.05) is 0 Å². The number of rotatable bonds is 4. The fourth-order valence-corrected chi connectivity index (χ4v) is 1.63. The Morgan fingerprint density at radius 3 is 3.07 bits per heavy atom. The summed E-state index contributed by atoms with van der Waals surface area (Å²) in [5.74, 6) is -0.237. The lowest BCUT2D eigenvalue weighted by molar-refractivity contribution is -0.146. The van der Waals surface area contributed by atoms with Crippen molar-refractivity contribution in [1.82, 2.24) is 0 Å². The topological polar surface area (TPSA) is 55.8 Å². The van der Waals surface area contributed by atoms with Crippen LogP contribution in [0.2, 0.25) is 0 Å². The van der Waals surface area contributed by atoms with E-state index in [1.165, 1.54) is 0 Å². The number of carbonyl (C=O) groups excluding carboxylic acids is 1. The van der Waals surface area contributed by atoms with Gasteiger partial charge in [0.1, 0.15) is 0 Å². The van der Waals surface area contributed by atoms with Crippen LogP contribution in [0.25, 0.3) is 0 Å². The first kappa shape index (κ1) is 11.5. The number of aliphatic hydroxyl groups excluding tert-OH is 1. The van der Waals surface area contributed by atoms with Gasteiger partial charge in [-0.1, -0.05) is 0 Å². The summed E-state index contributed by atoms with van der Waals surface area (Å²) >= 11 is 0. The number of aliphatic hydroxyl groups is 1. The maximum atomic E-state index is 11.1. The second kappa shape index (κ2) is 5.98. The molecule has 82 valence electrons. The van der Waals surface area contributed by atoms with Crippen LogP contribution in [0.5, 0.6) is 0 Å². The van der Waals surface area contributed by atoms with Crippen molar-refractivity contribution in [2.45, 2.75) is 32.3 Å². The first-order valence-corrected chi connectivity index (χ1v) is 5.15. The highest BCUT2D eigenvalue weighted by atomic mass is 16.5. The maximum Gasteiger partial charge on any atom is 0.308 e. The van der Waals surface area contributed by atoms with Crippen molar-refractivity contribution in [2.75, 3.05) is 19.8 Å². The summed E-state index contributed by atoms with van der Waals surface area (Å²) in [5, 5.41) is 9.69. The predicted octanol–water partition coefficient (Wildman–Crippen LogP) is 0.727. The summed E-state index contributed by atoms with van der Waals surface area (Å²) in [7, 11) is 0. The number of esters is 1. The van der Waals surface area contributed by atoms with Gasteiger partial charge in [0, 0.05) is 12.5 Å². The Kier molecular flexibility index (Phi) is 4.90. The molecule has 2 atom stereocenters. The zero-order valence-electron chi connectivity index (χ0n) is 8.57. The smallest absolute Gasteiger partial charge is 0.308 e. The Morgan fingerprint density at radius 2 is 2.50 bits per heavy atom. The molecule has 1 aliphatic rings. The third-order valence-corrected chi connectivity index (χ3v) is 2.42. The molecule has 0 radical (unpaired) electrons. The first-order valence-electron chi connectivity index (χ1n) is 5.15. The van der Waals surface area contributed by atoms with Gasteiger partial charge < -0.3 is 14.6 Å². The van der Waals surface area contributed by atoms with E-state index in [0.29, 0.717) is 13.2 Å². The lowest BCUT2D eigenvalue weighted by atomic mass is 9.94. The molecule has 0 aromatic heterocycles. The minimum atomic E-state index is -0.616. The van der Waals surface area contributed by atoms with Gasteiger partial charge in [-0.25, -0.2) is 0 Å². The molecule has 0 amide bonds. The minimum Gasteiger partial charge on any atom is -0.466 e. The van der Waals surface area contributed by atoms with Crippen molar-refractivity contribution in [3.05, 3.63) is 0 Å². The van der Waals surface area contributed by atoms with Crippen LogP contribution in [0.4, 0.5) is 0 Å². The molecule has 1 N–H and O–H groups in total. The van der Waals surface area contributed by atoms with Crippen LogP contribution >= 0.6 is 0 Å². The van der Waals surface area contributed by atoms with Crippen LogP contribution in [-0.2, 0) is 14.3 Å². The molecule has 0 aromatic rings. The zero-order valence-corrected chi connectivity index (χ0v) is 8.57. The van der Waals surface area contributed by atoms with Gasteiger partial charge >= 0.3 is 5.97 Å². The molecule has 0 bridgehead atoms. The summed E-state index contributed by atoms with van der Waals surface area (Å²) < 4.78 is 10.00. The summed E-state index contributed by atoms with van der Waals surface area (Å²) in [6, 6.07) is 0. The van der Waals surface area contributed by atoms with Crippen molar-refractivity contribution >= 4 is 5.97 Å². The highest BCUT2D eigenvalue weighted by Gasteiger charge is 2.24. The summed E-state index contributed by atoms with van der Waals surface area (Å²) in [4.78, 5) is 11.1. The molecule has 1 aliphatic heterocycles. The number of ether oxygens (including phenoxy) is 2. The predicted molar refractivity (Wildman–Crippen MR) is 50.8 cm³/mol. The Morgan fingerprint density at radius 1 is 1.71 bits per heavy atom. The van der Waals surface area contributed by atoms with Crippen LogP contribution < -0.4 is 0 Å². The van der Waals surface area contributed by atoms with Crippen molar-refractivity contribution in [2.24, 2.45) is 5.92 Å². The lowest BCUT2D eigenvalue weighted by Crippen LogP contribution is -2.31. The second-order valence-corrected chi connectivity index (χ2v) is 3.55. The van der Waals surface area contributed by atoms with Crippen molar-refractivity contribution < 1.29 is 19.4 Å². The monoisotopic (exact) mass is 202 g/mol. The van der Waals surface area contributed by atoms with E-state index in [0.717, 1.165) is 19.4 Å². The molecule has 1 heterocycles. The first-order chi connectivity index (χ1) is 6.74. The Labute approximate surface area is 84.2 Å². The van der Waals surface area contributed by atoms with Gasteiger partial charge in [-0.2, -0.15) is 0 Å². The van der Waals surface area contributed by atoms with Crippen molar-refractivity contribution in [3.63, 3.8) is 0 Å². The van der Waals surface area contributed by atoms with Crippen molar-refractivity contribution in [3.8, 4) is 0 Å². The van der Waals surface area contributed by atoms with Crippen LogP contribution in [-0.4, -0.2) is 37.0 Å². The van der Waals surface area contributed by atoms with E-state index in [1.54, 1.807) is 6.92 Å². The summed E-state index contributed by atoms with van der Waals surface area (Å²) in [6.07, 6.45) is 1.36. The van der Waals surface area contributed by atoms with Gasteiger partial charge in [0.2, 0.25) is 0 Å². The van der Waals surface area contributed by atoms with E-state index in [2.05, 4.69) is 0 Å². The van der Waals surface area contributed by atoms with E-state index >= 15 is 0 Å². The normalized spacial score (nSPS) is 24.3. The molecular formula is C10H18O4. The average Bonchev–Trinajstić information content (AvgIpc) is 2.19. The molecule has 0 spiro atoms. The van der Waals surface area contributed by atoms with Gasteiger partial charge in [-0.05, 0) is 19.8 Å². The van der Waals surface area contributed by atoms with Gasteiger partial charge in [0.25, 0.3) is 0 Å². The fourth-order valence-electron chi connectivity index (χ4n) is 1.63. The van der Waals surface area contributed by atoms with Crippen molar-refractivity contribution in [1.29, 1.82) is 0 Å². The molecule has 1 saturated heterocycles. The third kappa shape index (κ3) is 3.64. The largest absolute Gasteiger partial charge is 0.466 e. The van der Waals surface area contributed by atoms with Crippen LogP contribution in [0.15, 0.2) is 0 Å². The van der Waals surface area contributed by atoms with E-state index < -0.39 is 6.10 Å². The molecule has 0 aliphatic carbocycles. The number of hydrogen-bond donors (Lipinski definition) is 1. The third-order valence-electron chi connectivity index (χ3n) is 2.42. The van der Waals surface area contributed by atoms with Crippen LogP contribution in [0.3, 0.4) is 0 Å². The Hall–Kier alpha value is -0.610. The molecule has 4 heteroatoms. The SMILES string of the molecule is CCOC(=O)C[C@H](O)[C@@H]1CCCOC1. The second-order valence-electron chi connectivity index (χ2n) is 3.55. The van der Waals surface area contributed by atoms with Gasteiger partial charge in [-0.15, -0.1) is 0 Å². The van der Waals surface area contributed by atoms with Gasteiger partial charge in [0.05, 0.1) is 25.7 Å². The Bertz CT molecular complexity index is 175. The fraction of sp³-hybridized carbons (Fsp3) is 0.900. The molecule has 0 saturated carbocycles. The standard InChI is InChI=1S/C10H18O4/c1-2-14-10(12)6-9(11)8-4-3-5-13-7-8/h8-9,11H,2-7H2,1H3/t8-,9+/m1/s1. The molecule has 4 nitrogen and oxygen atoms in total. The van der Waals surface area contributed by atoms with E-state index in [4.69, 9.17) is 9.47 Å². The number of hydrogen-bond acceptors (Lipinski definition) is 4. The number of carbonyl (C=O) groups is 1. The summed E-state index contributed by atoms with van der Waals surface area (Å²) in [5.41, 5.74) is 0. The zero-order chi connectivity index (χ0) is 10.4. The Balaban J connectivity index is 2.25. The van der Waals surface area contributed by atoms with Crippen LogP contribution in [0.1, 0.15) is 26.2 Å². The molecular weight excluding hydrogens is 184 g/mol. The molecule has 0 aromatic carbocycles. The highest BCUT2D eigenvalue weighted by Crippen LogP contribution is 2.19. The van der Waals surface area contributed by atoms with Crippen LogP contribution in [0, 0.1) is 5.92 Å². The maximum absolute atomic E-state index is 11.1. The minimum absolute atomic E-state index is 0.0852. The molecule has 1 rings (SSSR count). The lowest BCUT2D eigenvalue weighted by Gasteiger charge is -2.25. The van der Waals surface area contributed by atoms with E-state index in [9.17, 15) is 9.90 Å². The summed E-state index contributed by atoms with van der Waals surface area (Å²) in [6.45, 7) is 3.45. The molecule has 0 unspecified atom stereocenters. The van der Waals surface area contributed by atoms with E-state index in [-0.39, 0.29) is 18.3 Å². The molecule has 14 heavy (non-hydrogen) atoms. The highest BCUT2D eigenvalue weighted by molar-refractivity contribution is 5.69.